The molecule has 1 aliphatic carbocycles. The molecule has 1 aliphatic rings. The first kappa shape index (κ1) is 15.2. The van der Waals surface area contributed by atoms with Crippen molar-refractivity contribution in [1.29, 1.82) is 0 Å². The molecule has 0 bridgehead atoms. The lowest BCUT2D eigenvalue weighted by molar-refractivity contribution is 0.144. The number of hydrogen-bond donors (Lipinski definition) is 0. The first-order valence-corrected chi connectivity index (χ1v) is 8.06. The number of alkyl halides is 1. The summed E-state index contributed by atoms with van der Waals surface area (Å²) in [6.45, 7) is 7.05. The van der Waals surface area contributed by atoms with Crippen molar-refractivity contribution >= 4 is 23.2 Å². The van der Waals surface area contributed by atoms with Crippen LogP contribution in [-0.4, -0.2) is 5.38 Å². The molecule has 1 saturated carbocycles. The Labute approximate surface area is 127 Å². The summed E-state index contributed by atoms with van der Waals surface area (Å²) in [5.41, 5.74) is 1.71. The van der Waals surface area contributed by atoms with E-state index in [-0.39, 0.29) is 0 Å². The SMILES string of the molecule is CC(C)(C)C1CCC(Cl)C(Cc2cccc(Cl)c2)C1. The molecule has 0 aliphatic heterocycles. The van der Waals surface area contributed by atoms with Crippen LogP contribution in [-0.2, 0) is 6.42 Å². The fourth-order valence-corrected chi connectivity index (χ4v) is 3.72. The van der Waals surface area contributed by atoms with Crippen LogP contribution in [0.2, 0.25) is 5.02 Å². The van der Waals surface area contributed by atoms with E-state index in [1.54, 1.807) is 0 Å². The van der Waals surface area contributed by atoms with Gasteiger partial charge in [0, 0.05) is 10.4 Å². The highest BCUT2D eigenvalue weighted by molar-refractivity contribution is 6.30. The summed E-state index contributed by atoms with van der Waals surface area (Å²) in [5.74, 6) is 1.37. The second-order valence-electron chi connectivity index (χ2n) is 6.99. The lowest BCUT2D eigenvalue weighted by Gasteiger charge is -2.40. The molecule has 0 heterocycles. The molecule has 0 aromatic heterocycles. The van der Waals surface area contributed by atoms with Gasteiger partial charge in [0.1, 0.15) is 0 Å². The molecule has 0 radical (unpaired) electrons. The molecule has 0 amide bonds. The van der Waals surface area contributed by atoms with Crippen LogP contribution in [0.4, 0.5) is 0 Å². The Balaban J connectivity index is 2.05. The summed E-state index contributed by atoms with van der Waals surface area (Å²) < 4.78 is 0. The minimum Gasteiger partial charge on any atom is -0.123 e. The van der Waals surface area contributed by atoms with Crippen LogP contribution in [0, 0.1) is 17.3 Å². The van der Waals surface area contributed by atoms with Crippen molar-refractivity contribution in [3.63, 3.8) is 0 Å². The molecule has 2 heteroatoms. The maximum Gasteiger partial charge on any atom is 0.0408 e. The molecule has 0 saturated heterocycles. The van der Waals surface area contributed by atoms with Crippen molar-refractivity contribution in [2.45, 2.75) is 51.8 Å². The second-order valence-corrected chi connectivity index (χ2v) is 7.98. The van der Waals surface area contributed by atoms with Crippen molar-refractivity contribution in [1.82, 2.24) is 0 Å². The van der Waals surface area contributed by atoms with Gasteiger partial charge in [-0.15, -0.1) is 11.6 Å². The molecule has 1 fully saturated rings. The predicted octanol–water partition coefficient (Wildman–Crippen LogP) is 5.95. The summed E-state index contributed by atoms with van der Waals surface area (Å²) in [6, 6.07) is 8.20. The van der Waals surface area contributed by atoms with Crippen LogP contribution in [0.25, 0.3) is 0 Å². The van der Waals surface area contributed by atoms with Gasteiger partial charge in [0.2, 0.25) is 0 Å². The Morgan fingerprint density at radius 3 is 2.58 bits per heavy atom. The Morgan fingerprint density at radius 2 is 1.95 bits per heavy atom. The first-order chi connectivity index (χ1) is 8.86. The molecule has 0 nitrogen and oxygen atoms in total. The fraction of sp³-hybridized carbons (Fsp3) is 0.647. The van der Waals surface area contributed by atoms with Gasteiger partial charge in [-0.05, 0) is 60.6 Å². The summed E-state index contributed by atoms with van der Waals surface area (Å²) >= 11 is 12.6. The maximum atomic E-state index is 6.55. The normalized spacial score (nSPS) is 28.4. The highest BCUT2D eigenvalue weighted by atomic mass is 35.5. The predicted molar refractivity (Wildman–Crippen MR) is 85.1 cm³/mol. The van der Waals surface area contributed by atoms with Crippen molar-refractivity contribution in [3.05, 3.63) is 34.9 Å². The Morgan fingerprint density at radius 1 is 1.21 bits per heavy atom. The molecular weight excluding hydrogens is 275 g/mol. The van der Waals surface area contributed by atoms with Gasteiger partial charge in [-0.2, -0.15) is 0 Å². The van der Waals surface area contributed by atoms with Crippen LogP contribution in [0.5, 0.6) is 0 Å². The van der Waals surface area contributed by atoms with Crippen molar-refractivity contribution in [2.75, 3.05) is 0 Å². The molecule has 2 rings (SSSR count). The van der Waals surface area contributed by atoms with Gasteiger partial charge in [0.05, 0.1) is 0 Å². The molecule has 0 spiro atoms. The third-order valence-corrected chi connectivity index (χ3v) is 5.31. The topological polar surface area (TPSA) is 0 Å². The van der Waals surface area contributed by atoms with Gasteiger partial charge in [0.25, 0.3) is 0 Å². The molecular formula is C17H24Cl2. The molecule has 3 unspecified atom stereocenters. The summed E-state index contributed by atoms with van der Waals surface area (Å²) in [6.07, 6.45) is 4.71. The first-order valence-electron chi connectivity index (χ1n) is 7.25. The largest absolute Gasteiger partial charge is 0.123 e. The van der Waals surface area contributed by atoms with Crippen molar-refractivity contribution in [2.24, 2.45) is 17.3 Å². The highest BCUT2D eigenvalue weighted by Gasteiger charge is 2.34. The van der Waals surface area contributed by atoms with Gasteiger partial charge in [-0.25, -0.2) is 0 Å². The van der Waals surface area contributed by atoms with E-state index in [0.29, 0.717) is 16.7 Å². The second kappa shape index (κ2) is 6.06. The van der Waals surface area contributed by atoms with Gasteiger partial charge < -0.3 is 0 Å². The summed E-state index contributed by atoms with van der Waals surface area (Å²) in [4.78, 5) is 0. The summed E-state index contributed by atoms with van der Waals surface area (Å²) in [7, 11) is 0. The van der Waals surface area contributed by atoms with Gasteiger partial charge in [-0.3, -0.25) is 0 Å². The van der Waals surface area contributed by atoms with Crippen LogP contribution < -0.4 is 0 Å². The zero-order valence-corrected chi connectivity index (χ0v) is 13.6. The zero-order chi connectivity index (χ0) is 14.0. The minimum absolute atomic E-state index is 0.317. The molecule has 19 heavy (non-hydrogen) atoms. The minimum atomic E-state index is 0.317. The number of hydrogen-bond acceptors (Lipinski definition) is 0. The van der Waals surface area contributed by atoms with Gasteiger partial charge >= 0.3 is 0 Å². The number of rotatable bonds is 2. The Hall–Kier alpha value is -0.200. The fourth-order valence-electron chi connectivity index (χ4n) is 3.19. The third-order valence-electron chi connectivity index (χ3n) is 4.50. The van der Waals surface area contributed by atoms with E-state index in [0.717, 1.165) is 23.8 Å². The van der Waals surface area contributed by atoms with Gasteiger partial charge in [0.15, 0.2) is 0 Å². The van der Waals surface area contributed by atoms with E-state index in [1.165, 1.54) is 18.4 Å². The number of benzene rings is 1. The van der Waals surface area contributed by atoms with E-state index in [2.05, 4.69) is 32.9 Å². The maximum absolute atomic E-state index is 6.55. The van der Waals surface area contributed by atoms with Crippen LogP contribution in [0.1, 0.15) is 45.6 Å². The van der Waals surface area contributed by atoms with E-state index in [9.17, 15) is 0 Å². The van der Waals surface area contributed by atoms with E-state index >= 15 is 0 Å². The highest BCUT2D eigenvalue weighted by Crippen LogP contribution is 2.43. The van der Waals surface area contributed by atoms with E-state index in [1.807, 2.05) is 12.1 Å². The van der Waals surface area contributed by atoms with Crippen molar-refractivity contribution in [3.8, 4) is 0 Å². The third kappa shape index (κ3) is 4.13. The smallest absolute Gasteiger partial charge is 0.0408 e. The zero-order valence-electron chi connectivity index (χ0n) is 12.1. The molecule has 0 N–H and O–H groups in total. The quantitative estimate of drug-likeness (QED) is 0.592. The molecule has 1 aromatic rings. The Bertz CT molecular complexity index is 420. The molecule has 106 valence electrons. The van der Waals surface area contributed by atoms with E-state index < -0.39 is 0 Å². The monoisotopic (exact) mass is 298 g/mol. The lowest BCUT2D eigenvalue weighted by atomic mass is 9.68. The van der Waals surface area contributed by atoms with Gasteiger partial charge in [-0.1, -0.05) is 44.5 Å². The number of halogens is 2. The standard InChI is InChI=1S/C17H24Cl2/c1-17(2,3)14-7-8-16(19)13(11-14)9-12-5-4-6-15(18)10-12/h4-6,10,13-14,16H,7-9,11H2,1-3H3. The lowest BCUT2D eigenvalue weighted by Crippen LogP contribution is -2.33. The van der Waals surface area contributed by atoms with Crippen LogP contribution >= 0.6 is 23.2 Å². The van der Waals surface area contributed by atoms with Crippen molar-refractivity contribution < 1.29 is 0 Å². The van der Waals surface area contributed by atoms with Crippen LogP contribution in [0.15, 0.2) is 24.3 Å². The Kier molecular flexibility index (Phi) is 4.84. The van der Waals surface area contributed by atoms with E-state index in [4.69, 9.17) is 23.2 Å². The molecule has 3 atom stereocenters. The average Bonchev–Trinajstić information content (AvgIpc) is 2.30. The average molecular weight is 299 g/mol. The van der Waals surface area contributed by atoms with Crippen LogP contribution in [0.3, 0.4) is 0 Å². The summed E-state index contributed by atoms with van der Waals surface area (Å²) in [5, 5.41) is 1.14. The molecule has 1 aromatic carbocycles.